The summed E-state index contributed by atoms with van der Waals surface area (Å²) in [5, 5.41) is 2.85. The minimum atomic E-state index is -0.127. The molecular weight excluding hydrogens is 310 g/mol. The van der Waals surface area contributed by atoms with Crippen LogP contribution >= 0.6 is 0 Å². The predicted molar refractivity (Wildman–Crippen MR) is 89.7 cm³/mol. The average molecular weight is 335 g/mol. The molecule has 1 aliphatic rings. The Morgan fingerprint density at radius 3 is 2.67 bits per heavy atom. The number of ether oxygens (including phenoxy) is 2. The van der Waals surface area contributed by atoms with Gasteiger partial charge in [-0.3, -0.25) is 14.5 Å². The number of benzene rings is 1. The number of nitrogens with zero attached hydrogens (tertiary/aromatic N) is 2. The fraction of sp³-hybridized carbons (Fsp3) is 0.529. The number of methoxy groups -OCH3 is 1. The van der Waals surface area contributed by atoms with Crippen LogP contribution in [0.2, 0.25) is 0 Å². The van der Waals surface area contributed by atoms with Gasteiger partial charge in [0, 0.05) is 25.2 Å². The van der Waals surface area contributed by atoms with Gasteiger partial charge in [-0.1, -0.05) is 18.2 Å². The van der Waals surface area contributed by atoms with E-state index in [2.05, 4.69) is 5.32 Å². The topological polar surface area (TPSA) is 71.1 Å². The summed E-state index contributed by atoms with van der Waals surface area (Å²) in [6.07, 6.45) is 0. The normalized spacial score (nSPS) is 14.5. The zero-order valence-electron chi connectivity index (χ0n) is 14.3. The van der Waals surface area contributed by atoms with Gasteiger partial charge in [-0.25, -0.2) is 0 Å². The minimum absolute atomic E-state index is 0.0262. The second-order valence-electron chi connectivity index (χ2n) is 5.75. The van der Waals surface area contributed by atoms with E-state index in [9.17, 15) is 9.59 Å². The second-order valence-corrected chi connectivity index (χ2v) is 5.75. The van der Waals surface area contributed by atoms with Crippen LogP contribution in [0.15, 0.2) is 24.3 Å². The number of likely N-dealkylation sites (N-methyl/N-ethyl adjacent to an activating group) is 1. The smallest absolute Gasteiger partial charge is 0.236 e. The lowest BCUT2D eigenvalue weighted by Crippen LogP contribution is -2.46. The van der Waals surface area contributed by atoms with Crippen molar-refractivity contribution in [1.29, 1.82) is 0 Å². The maximum atomic E-state index is 12.1. The Morgan fingerprint density at radius 2 is 1.96 bits per heavy atom. The van der Waals surface area contributed by atoms with Crippen molar-refractivity contribution in [3.8, 4) is 5.75 Å². The first-order chi connectivity index (χ1) is 11.6. The molecule has 1 N–H and O–H groups in total. The highest BCUT2D eigenvalue weighted by molar-refractivity contribution is 5.81. The molecule has 0 radical (unpaired) electrons. The highest BCUT2D eigenvalue weighted by Gasteiger charge is 2.19. The zero-order chi connectivity index (χ0) is 17.4. The molecule has 0 atom stereocenters. The number of nitrogens with one attached hydrogen (secondary N) is 1. The van der Waals surface area contributed by atoms with E-state index in [0.717, 1.165) is 11.3 Å². The number of rotatable bonds is 7. The monoisotopic (exact) mass is 335 g/mol. The molecule has 24 heavy (non-hydrogen) atoms. The molecule has 132 valence electrons. The minimum Gasteiger partial charge on any atom is -0.496 e. The van der Waals surface area contributed by atoms with Gasteiger partial charge in [-0.15, -0.1) is 0 Å². The number of para-hydroxylation sites is 1. The molecule has 0 aliphatic carbocycles. The number of morpholine rings is 1. The van der Waals surface area contributed by atoms with Crippen LogP contribution in [-0.4, -0.2) is 75.2 Å². The number of carbonyl (C=O) groups is 2. The summed E-state index contributed by atoms with van der Waals surface area (Å²) in [5.74, 6) is 0.644. The molecular formula is C17H25N3O4. The first-order valence-corrected chi connectivity index (χ1v) is 8.03. The van der Waals surface area contributed by atoms with Gasteiger partial charge < -0.3 is 19.7 Å². The van der Waals surface area contributed by atoms with Gasteiger partial charge >= 0.3 is 0 Å². The molecule has 0 bridgehead atoms. The Balaban J connectivity index is 1.74. The molecule has 7 nitrogen and oxygen atoms in total. The summed E-state index contributed by atoms with van der Waals surface area (Å²) in [5.41, 5.74) is 0.917. The summed E-state index contributed by atoms with van der Waals surface area (Å²) >= 11 is 0. The van der Waals surface area contributed by atoms with Gasteiger partial charge in [-0.05, 0) is 13.1 Å². The first-order valence-electron chi connectivity index (χ1n) is 8.03. The lowest BCUT2D eigenvalue weighted by Gasteiger charge is -2.28. The van der Waals surface area contributed by atoms with E-state index >= 15 is 0 Å². The van der Waals surface area contributed by atoms with Gasteiger partial charge in [0.15, 0.2) is 0 Å². The van der Waals surface area contributed by atoms with Crippen molar-refractivity contribution in [2.75, 3.05) is 53.6 Å². The molecule has 0 spiro atoms. The van der Waals surface area contributed by atoms with Crippen LogP contribution in [0.5, 0.6) is 5.75 Å². The molecule has 7 heteroatoms. The molecule has 1 aromatic rings. The number of carbonyl (C=O) groups excluding carboxylic acids is 2. The van der Waals surface area contributed by atoms with E-state index in [0.29, 0.717) is 32.8 Å². The van der Waals surface area contributed by atoms with Crippen LogP contribution in [0.25, 0.3) is 0 Å². The van der Waals surface area contributed by atoms with Gasteiger partial charge in [-0.2, -0.15) is 0 Å². The SMILES string of the molecule is COc1ccccc1CNC(=O)CN(C)CC(=O)N1CCOCC1. The third-order valence-electron chi connectivity index (χ3n) is 3.85. The van der Waals surface area contributed by atoms with Gasteiger partial charge in [0.25, 0.3) is 0 Å². The molecule has 0 aromatic heterocycles. The van der Waals surface area contributed by atoms with Crippen LogP contribution in [0.4, 0.5) is 0 Å². The van der Waals surface area contributed by atoms with E-state index in [4.69, 9.17) is 9.47 Å². The summed E-state index contributed by atoms with van der Waals surface area (Å²) in [4.78, 5) is 27.7. The first kappa shape index (κ1) is 18.2. The summed E-state index contributed by atoms with van der Waals surface area (Å²) in [7, 11) is 3.37. The highest BCUT2D eigenvalue weighted by Crippen LogP contribution is 2.16. The highest BCUT2D eigenvalue weighted by atomic mass is 16.5. The lowest BCUT2D eigenvalue weighted by atomic mass is 10.2. The average Bonchev–Trinajstić information content (AvgIpc) is 2.60. The van der Waals surface area contributed by atoms with Crippen molar-refractivity contribution in [3.05, 3.63) is 29.8 Å². The quantitative estimate of drug-likeness (QED) is 0.765. The molecule has 1 fully saturated rings. The molecule has 0 unspecified atom stereocenters. The maximum absolute atomic E-state index is 12.1. The lowest BCUT2D eigenvalue weighted by molar-refractivity contribution is -0.136. The number of amides is 2. The summed E-state index contributed by atoms with van der Waals surface area (Å²) in [6, 6.07) is 7.55. The molecule has 2 amide bonds. The molecule has 2 rings (SSSR count). The Bertz CT molecular complexity index is 559. The van der Waals surface area contributed by atoms with Crippen molar-refractivity contribution in [2.45, 2.75) is 6.54 Å². The third kappa shape index (κ3) is 5.50. The van der Waals surface area contributed by atoms with E-state index in [1.807, 2.05) is 24.3 Å². The molecule has 1 aliphatic heterocycles. The van der Waals surface area contributed by atoms with Crippen LogP contribution < -0.4 is 10.1 Å². The van der Waals surface area contributed by atoms with E-state index in [1.165, 1.54) is 0 Å². The van der Waals surface area contributed by atoms with Crippen molar-refractivity contribution >= 4 is 11.8 Å². The van der Waals surface area contributed by atoms with E-state index in [-0.39, 0.29) is 24.9 Å². The van der Waals surface area contributed by atoms with Crippen molar-refractivity contribution < 1.29 is 19.1 Å². The second kappa shape index (κ2) is 9.24. The van der Waals surface area contributed by atoms with Crippen molar-refractivity contribution in [1.82, 2.24) is 15.1 Å². The number of hydrogen-bond donors (Lipinski definition) is 1. The van der Waals surface area contributed by atoms with Crippen LogP contribution in [-0.2, 0) is 20.9 Å². The Kier molecular flexibility index (Phi) is 7.02. The van der Waals surface area contributed by atoms with Crippen LogP contribution in [0, 0.1) is 0 Å². The van der Waals surface area contributed by atoms with Crippen LogP contribution in [0.3, 0.4) is 0 Å². The molecule has 0 saturated carbocycles. The fourth-order valence-electron chi connectivity index (χ4n) is 2.54. The Hall–Kier alpha value is -2.12. The van der Waals surface area contributed by atoms with Crippen molar-refractivity contribution in [3.63, 3.8) is 0 Å². The Labute approximate surface area is 142 Å². The van der Waals surface area contributed by atoms with Gasteiger partial charge in [0.1, 0.15) is 5.75 Å². The maximum Gasteiger partial charge on any atom is 0.236 e. The predicted octanol–water partition coefficient (Wildman–Crippen LogP) is 0.102. The van der Waals surface area contributed by atoms with E-state index < -0.39 is 0 Å². The Morgan fingerprint density at radius 1 is 1.25 bits per heavy atom. The fourth-order valence-corrected chi connectivity index (χ4v) is 2.54. The summed E-state index contributed by atoms with van der Waals surface area (Å²) < 4.78 is 10.5. The molecule has 1 saturated heterocycles. The van der Waals surface area contributed by atoms with E-state index in [1.54, 1.807) is 24.0 Å². The molecule has 1 aromatic carbocycles. The summed E-state index contributed by atoms with van der Waals surface area (Å²) in [6.45, 7) is 3.18. The third-order valence-corrected chi connectivity index (χ3v) is 3.85. The van der Waals surface area contributed by atoms with Crippen molar-refractivity contribution in [2.24, 2.45) is 0 Å². The van der Waals surface area contributed by atoms with Crippen LogP contribution in [0.1, 0.15) is 5.56 Å². The largest absolute Gasteiger partial charge is 0.496 e. The molecule has 1 heterocycles. The van der Waals surface area contributed by atoms with Gasteiger partial charge in [0.2, 0.25) is 11.8 Å². The van der Waals surface area contributed by atoms with Gasteiger partial charge in [0.05, 0.1) is 33.4 Å². The standard InChI is InChI=1S/C17H25N3O4/c1-19(13-17(22)20-7-9-24-10-8-20)12-16(21)18-11-14-5-3-4-6-15(14)23-2/h3-6H,7-13H2,1-2H3,(H,18,21). The zero-order valence-corrected chi connectivity index (χ0v) is 14.3. The number of hydrogen-bond acceptors (Lipinski definition) is 5.